The Balaban J connectivity index is 1.54. The van der Waals surface area contributed by atoms with Crippen LogP contribution in [0.1, 0.15) is 50.5 Å². The summed E-state index contributed by atoms with van der Waals surface area (Å²) in [6.45, 7) is 9.49. The highest BCUT2D eigenvalue weighted by molar-refractivity contribution is 7.20. The summed E-state index contributed by atoms with van der Waals surface area (Å²) in [5, 5.41) is 3.29. The predicted octanol–water partition coefficient (Wildman–Crippen LogP) is 5.29. The quantitative estimate of drug-likeness (QED) is 0.346. The molecular formula is C28H29N3O4S. The number of hydrogen-bond donors (Lipinski definition) is 1. The molecule has 36 heavy (non-hydrogen) atoms. The number of benzene rings is 2. The first-order chi connectivity index (χ1) is 17.2. The van der Waals surface area contributed by atoms with Crippen LogP contribution in [0, 0.1) is 27.7 Å². The van der Waals surface area contributed by atoms with E-state index in [1.165, 1.54) is 10.9 Å². The Labute approximate surface area is 213 Å². The van der Waals surface area contributed by atoms with E-state index in [-0.39, 0.29) is 18.1 Å². The Kier molecular flexibility index (Phi) is 7.35. The van der Waals surface area contributed by atoms with E-state index in [1.807, 2.05) is 63.2 Å². The van der Waals surface area contributed by atoms with Gasteiger partial charge < -0.3 is 10.1 Å². The third-order valence-electron chi connectivity index (χ3n) is 6.25. The number of esters is 1. The number of carbonyl (C=O) groups excluding carboxylic acids is 2. The van der Waals surface area contributed by atoms with E-state index < -0.39 is 12.0 Å². The van der Waals surface area contributed by atoms with Crippen molar-refractivity contribution in [2.75, 3.05) is 11.9 Å². The predicted molar refractivity (Wildman–Crippen MR) is 143 cm³/mol. The van der Waals surface area contributed by atoms with Gasteiger partial charge in [-0.3, -0.25) is 14.2 Å². The van der Waals surface area contributed by atoms with Crippen LogP contribution < -0.4 is 10.9 Å². The number of hydrogen-bond acceptors (Lipinski definition) is 6. The SMILES string of the molecule is Cc1cc(C)c(NC(=O)C(C)n2cnc3sc(C(=O)OCCc4ccccc4)c(C)c3c2=O)c(C)c1. The molecule has 2 aromatic carbocycles. The monoisotopic (exact) mass is 503 g/mol. The molecule has 0 fully saturated rings. The second-order valence-electron chi connectivity index (χ2n) is 9.00. The van der Waals surface area contributed by atoms with Crippen molar-refractivity contribution < 1.29 is 14.3 Å². The molecule has 2 aromatic heterocycles. The zero-order valence-corrected chi connectivity index (χ0v) is 21.9. The van der Waals surface area contributed by atoms with Gasteiger partial charge in [0.25, 0.3) is 5.56 Å². The Bertz CT molecular complexity index is 1480. The molecule has 0 aliphatic heterocycles. The highest BCUT2D eigenvalue weighted by Gasteiger charge is 2.24. The molecule has 0 bridgehead atoms. The first-order valence-corrected chi connectivity index (χ1v) is 12.6. The minimum absolute atomic E-state index is 0.239. The van der Waals surface area contributed by atoms with Crippen molar-refractivity contribution in [1.29, 1.82) is 0 Å². The van der Waals surface area contributed by atoms with Gasteiger partial charge in [-0.05, 0) is 56.9 Å². The van der Waals surface area contributed by atoms with Gasteiger partial charge in [-0.15, -0.1) is 11.3 Å². The van der Waals surface area contributed by atoms with Gasteiger partial charge in [-0.25, -0.2) is 9.78 Å². The molecule has 0 radical (unpaired) electrons. The molecule has 0 saturated carbocycles. The number of aromatic nitrogens is 2. The molecule has 1 amide bonds. The third-order valence-corrected chi connectivity index (χ3v) is 7.43. The number of nitrogens with one attached hydrogen (secondary N) is 1. The van der Waals surface area contributed by atoms with Gasteiger partial charge in [-0.2, -0.15) is 0 Å². The molecule has 1 atom stereocenters. The topological polar surface area (TPSA) is 90.3 Å². The zero-order valence-electron chi connectivity index (χ0n) is 21.0. The van der Waals surface area contributed by atoms with Crippen molar-refractivity contribution in [3.8, 4) is 0 Å². The average molecular weight is 504 g/mol. The molecule has 4 rings (SSSR count). The van der Waals surface area contributed by atoms with E-state index in [0.717, 1.165) is 39.3 Å². The normalized spacial score (nSPS) is 11.9. The van der Waals surface area contributed by atoms with Gasteiger partial charge in [-0.1, -0.05) is 48.0 Å². The maximum Gasteiger partial charge on any atom is 0.348 e. The average Bonchev–Trinajstić information content (AvgIpc) is 3.19. The van der Waals surface area contributed by atoms with E-state index in [2.05, 4.69) is 10.3 Å². The standard InChI is InChI=1S/C28H29N3O4S/c1-16-13-17(2)23(18(3)14-16)30-25(32)20(5)31-15-29-26-22(27(31)33)19(4)24(36-26)28(34)35-12-11-21-9-7-6-8-10-21/h6-10,13-15,20H,11-12H2,1-5H3,(H,30,32). The van der Waals surface area contributed by atoms with Crippen molar-refractivity contribution in [1.82, 2.24) is 9.55 Å². The molecule has 1 unspecified atom stereocenters. The van der Waals surface area contributed by atoms with E-state index >= 15 is 0 Å². The van der Waals surface area contributed by atoms with Crippen LogP contribution >= 0.6 is 11.3 Å². The number of aryl methyl sites for hydroxylation is 4. The Morgan fingerprint density at radius 2 is 1.75 bits per heavy atom. The summed E-state index contributed by atoms with van der Waals surface area (Å²) in [7, 11) is 0. The summed E-state index contributed by atoms with van der Waals surface area (Å²) in [5.41, 5.74) is 5.00. The van der Waals surface area contributed by atoms with Gasteiger partial charge >= 0.3 is 5.97 Å². The van der Waals surface area contributed by atoms with Crippen molar-refractivity contribution in [3.05, 3.63) is 91.8 Å². The lowest BCUT2D eigenvalue weighted by Gasteiger charge is -2.18. The Hall–Kier alpha value is -3.78. The van der Waals surface area contributed by atoms with Gasteiger partial charge in [0.1, 0.15) is 15.7 Å². The van der Waals surface area contributed by atoms with Gasteiger partial charge in [0.05, 0.1) is 18.3 Å². The number of rotatable bonds is 7. The second-order valence-corrected chi connectivity index (χ2v) is 10.0. The van der Waals surface area contributed by atoms with E-state index in [4.69, 9.17) is 4.74 Å². The van der Waals surface area contributed by atoms with E-state index in [0.29, 0.717) is 27.1 Å². The molecule has 4 aromatic rings. The molecule has 186 valence electrons. The molecule has 0 spiro atoms. The molecule has 1 N–H and O–H groups in total. The number of nitrogens with zero attached hydrogens (tertiary/aromatic N) is 2. The number of anilines is 1. The van der Waals surface area contributed by atoms with Crippen LogP contribution in [0.4, 0.5) is 5.69 Å². The summed E-state index contributed by atoms with van der Waals surface area (Å²) >= 11 is 1.13. The Morgan fingerprint density at radius 3 is 2.42 bits per heavy atom. The van der Waals surface area contributed by atoms with E-state index in [9.17, 15) is 14.4 Å². The zero-order chi connectivity index (χ0) is 26.0. The highest BCUT2D eigenvalue weighted by atomic mass is 32.1. The smallest absolute Gasteiger partial charge is 0.348 e. The number of thiophene rings is 1. The lowest BCUT2D eigenvalue weighted by Crippen LogP contribution is -2.32. The maximum absolute atomic E-state index is 13.4. The lowest BCUT2D eigenvalue weighted by molar-refractivity contribution is -0.118. The molecule has 2 heterocycles. The number of fused-ring (bicyclic) bond motifs is 1. The fourth-order valence-corrected chi connectivity index (χ4v) is 5.34. The highest BCUT2D eigenvalue weighted by Crippen LogP contribution is 2.28. The molecule has 8 heteroatoms. The van der Waals surface area contributed by atoms with Crippen LogP contribution in [0.5, 0.6) is 0 Å². The van der Waals surface area contributed by atoms with Gasteiger partial charge in [0, 0.05) is 12.1 Å². The first-order valence-electron chi connectivity index (χ1n) is 11.8. The molecule has 7 nitrogen and oxygen atoms in total. The lowest BCUT2D eigenvalue weighted by atomic mass is 10.0. The number of carbonyl (C=O) groups is 2. The fraction of sp³-hybridized carbons (Fsp3) is 0.286. The Morgan fingerprint density at radius 1 is 1.08 bits per heavy atom. The molecule has 0 aliphatic carbocycles. The van der Waals surface area contributed by atoms with Crippen LogP contribution in [0.15, 0.2) is 53.6 Å². The summed E-state index contributed by atoms with van der Waals surface area (Å²) in [6, 6.07) is 13.0. The van der Waals surface area contributed by atoms with Gasteiger partial charge in [0.2, 0.25) is 5.91 Å². The molecule has 0 aliphatic rings. The largest absolute Gasteiger partial charge is 0.461 e. The molecular weight excluding hydrogens is 474 g/mol. The van der Waals surface area contributed by atoms with Crippen molar-refractivity contribution in [3.63, 3.8) is 0 Å². The molecule has 0 saturated heterocycles. The van der Waals surface area contributed by atoms with E-state index in [1.54, 1.807) is 13.8 Å². The first kappa shape index (κ1) is 25.3. The van der Waals surface area contributed by atoms with Crippen LogP contribution in [0.3, 0.4) is 0 Å². The summed E-state index contributed by atoms with van der Waals surface area (Å²) in [6.07, 6.45) is 1.97. The minimum Gasteiger partial charge on any atom is -0.461 e. The number of amides is 1. The van der Waals surface area contributed by atoms with Gasteiger partial charge in [0.15, 0.2) is 0 Å². The van der Waals surface area contributed by atoms with Crippen LogP contribution in [0.25, 0.3) is 10.2 Å². The van der Waals surface area contributed by atoms with Crippen LogP contribution in [-0.4, -0.2) is 28.0 Å². The van der Waals surface area contributed by atoms with Crippen LogP contribution in [-0.2, 0) is 16.0 Å². The minimum atomic E-state index is -0.796. The summed E-state index contributed by atoms with van der Waals surface area (Å²) in [5.74, 6) is -0.796. The van der Waals surface area contributed by atoms with Crippen molar-refractivity contribution in [2.45, 2.75) is 47.1 Å². The maximum atomic E-state index is 13.4. The fourth-order valence-electron chi connectivity index (χ4n) is 4.31. The summed E-state index contributed by atoms with van der Waals surface area (Å²) in [4.78, 5) is 44.3. The van der Waals surface area contributed by atoms with Crippen LogP contribution in [0.2, 0.25) is 0 Å². The second kappa shape index (κ2) is 10.5. The van der Waals surface area contributed by atoms with Crippen molar-refractivity contribution in [2.24, 2.45) is 0 Å². The number of ether oxygens (including phenoxy) is 1. The van der Waals surface area contributed by atoms with Crippen molar-refractivity contribution >= 4 is 39.1 Å². The summed E-state index contributed by atoms with van der Waals surface area (Å²) < 4.78 is 6.77. The third kappa shape index (κ3) is 5.09.